The Balaban J connectivity index is 0.00000338. The van der Waals surface area contributed by atoms with Crippen LogP contribution < -0.4 is 10.1 Å². The smallest absolute Gasteiger partial charge is 0.258 e. The Kier molecular flexibility index (Phi) is 9.17. The average Bonchev–Trinajstić information content (AvgIpc) is 2.61. The van der Waals surface area contributed by atoms with Gasteiger partial charge >= 0.3 is 0 Å². The van der Waals surface area contributed by atoms with E-state index in [0.717, 1.165) is 12.2 Å². The van der Waals surface area contributed by atoms with E-state index in [2.05, 4.69) is 48.3 Å². The highest BCUT2D eigenvalue weighted by Crippen LogP contribution is 2.18. The van der Waals surface area contributed by atoms with Gasteiger partial charge in [0.25, 0.3) is 5.91 Å². The first-order valence-corrected chi connectivity index (χ1v) is 8.71. The number of benzene rings is 2. The van der Waals surface area contributed by atoms with Gasteiger partial charge < -0.3 is 15.0 Å². The van der Waals surface area contributed by atoms with Gasteiger partial charge in [0.05, 0.1) is 6.04 Å². The molecule has 0 saturated heterocycles. The normalized spacial score (nSPS) is 11.6. The van der Waals surface area contributed by atoms with Gasteiger partial charge in [-0.3, -0.25) is 4.79 Å². The maximum atomic E-state index is 12.1. The first-order valence-electron chi connectivity index (χ1n) is 8.71. The molecule has 0 heterocycles. The summed E-state index contributed by atoms with van der Waals surface area (Å²) in [5.41, 5.74) is 3.67. The number of likely N-dealkylation sites (N-methyl/N-ethyl adjacent to an activating group) is 1. The molecule has 1 amide bonds. The molecular weight excluding hydrogens is 348 g/mol. The van der Waals surface area contributed by atoms with Crippen molar-refractivity contribution < 1.29 is 9.53 Å². The molecule has 0 spiro atoms. The molecule has 2 aromatic rings. The summed E-state index contributed by atoms with van der Waals surface area (Å²) in [7, 11) is 4.03. The number of ether oxygens (including phenoxy) is 1. The van der Waals surface area contributed by atoms with Gasteiger partial charge in [-0.25, -0.2) is 0 Å². The number of hydrogen-bond donors (Lipinski definition) is 1. The standard InChI is InChI=1S/C21H28N2O2.ClH/c1-5-17-8-12-19(13-9-17)25-15-21(24)22-14-20(23(3)4)18-10-6-16(2)7-11-18;/h6-13,20H,5,14-15H2,1-4H3,(H,22,24);1H. The fraction of sp³-hybridized carbons (Fsp3) is 0.381. The number of carbonyl (C=O) groups excluding carboxylic acids is 1. The Bertz CT molecular complexity index is 669. The summed E-state index contributed by atoms with van der Waals surface area (Å²) < 4.78 is 5.56. The second-order valence-electron chi connectivity index (χ2n) is 6.48. The lowest BCUT2D eigenvalue weighted by atomic mass is 10.0. The number of nitrogens with one attached hydrogen (secondary N) is 1. The van der Waals surface area contributed by atoms with Gasteiger partial charge in [-0.1, -0.05) is 48.9 Å². The maximum absolute atomic E-state index is 12.1. The third-order valence-electron chi connectivity index (χ3n) is 4.28. The number of rotatable bonds is 8. The minimum absolute atomic E-state index is 0. The van der Waals surface area contributed by atoms with Gasteiger partial charge in [-0.2, -0.15) is 0 Å². The summed E-state index contributed by atoms with van der Waals surface area (Å²) >= 11 is 0. The molecule has 0 aliphatic rings. The second kappa shape index (κ2) is 10.8. The molecule has 4 nitrogen and oxygen atoms in total. The van der Waals surface area contributed by atoms with E-state index in [1.807, 2.05) is 38.4 Å². The molecule has 26 heavy (non-hydrogen) atoms. The van der Waals surface area contributed by atoms with E-state index in [1.165, 1.54) is 16.7 Å². The molecule has 1 unspecified atom stereocenters. The first-order chi connectivity index (χ1) is 12.0. The third kappa shape index (κ3) is 6.70. The fourth-order valence-corrected chi connectivity index (χ4v) is 2.62. The number of carbonyl (C=O) groups is 1. The molecule has 0 radical (unpaired) electrons. The number of amides is 1. The molecule has 0 fully saturated rings. The van der Waals surface area contributed by atoms with Crippen LogP contribution in [0.15, 0.2) is 48.5 Å². The second-order valence-corrected chi connectivity index (χ2v) is 6.48. The van der Waals surface area contributed by atoms with Crippen molar-refractivity contribution in [1.29, 1.82) is 0 Å². The molecule has 2 aromatic carbocycles. The highest BCUT2D eigenvalue weighted by Gasteiger charge is 2.15. The Hall–Kier alpha value is -2.04. The van der Waals surface area contributed by atoms with Crippen molar-refractivity contribution in [2.75, 3.05) is 27.2 Å². The van der Waals surface area contributed by atoms with Crippen LogP contribution in [0.2, 0.25) is 0 Å². The molecule has 0 bridgehead atoms. The molecule has 5 heteroatoms. The largest absolute Gasteiger partial charge is 0.484 e. The van der Waals surface area contributed by atoms with Crippen molar-refractivity contribution in [2.24, 2.45) is 0 Å². The summed E-state index contributed by atoms with van der Waals surface area (Å²) in [6.07, 6.45) is 0.992. The molecule has 1 N–H and O–H groups in total. The van der Waals surface area contributed by atoms with Crippen LogP contribution in [0, 0.1) is 6.92 Å². The molecular formula is C21H29ClN2O2. The Labute approximate surface area is 163 Å². The summed E-state index contributed by atoms with van der Waals surface area (Å²) in [5.74, 6) is 0.605. The van der Waals surface area contributed by atoms with E-state index in [9.17, 15) is 4.79 Å². The minimum Gasteiger partial charge on any atom is -0.484 e. The van der Waals surface area contributed by atoms with Crippen LogP contribution in [0.5, 0.6) is 5.75 Å². The molecule has 1 atom stereocenters. The first kappa shape index (κ1) is 22.0. The predicted molar refractivity (Wildman–Crippen MR) is 109 cm³/mol. The maximum Gasteiger partial charge on any atom is 0.258 e. The number of halogens is 1. The van der Waals surface area contributed by atoms with Gasteiger partial charge in [0.15, 0.2) is 6.61 Å². The zero-order valence-corrected chi connectivity index (χ0v) is 16.8. The van der Waals surface area contributed by atoms with Crippen LogP contribution in [0.4, 0.5) is 0 Å². The number of nitrogens with zero attached hydrogens (tertiary/aromatic N) is 1. The van der Waals surface area contributed by atoms with Crippen molar-refractivity contribution in [3.63, 3.8) is 0 Å². The Morgan fingerprint density at radius 1 is 1.08 bits per heavy atom. The summed E-state index contributed by atoms with van der Waals surface area (Å²) in [6, 6.07) is 16.4. The molecule has 0 aliphatic heterocycles. The Morgan fingerprint density at radius 2 is 1.69 bits per heavy atom. The number of aryl methyl sites for hydroxylation is 2. The summed E-state index contributed by atoms with van der Waals surface area (Å²) in [4.78, 5) is 14.2. The van der Waals surface area contributed by atoms with E-state index < -0.39 is 0 Å². The minimum atomic E-state index is -0.112. The van der Waals surface area contributed by atoms with Crippen molar-refractivity contribution in [3.05, 3.63) is 65.2 Å². The lowest BCUT2D eigenvalue weighted by Crippen LogP contribution is -2.36. The van der Waals surface area contributed by atoms with Crippen molar-refractivity contribution in [2.45, 2.75) is 26.3 Å². The van der Waals surface area contributed by atoms with Gasteiger partial charge in [0, 0.05) is 6.54 Å². The topological polar surface area (TPSA) is 41.6 Å². The Morgan fingerprint density at radius 3 is 2.23 bits per heavy atom. The highest BCUT2D eigenvalue weighted by atomic mass is 35.5. The van der Waals surface area contributed by atoms with Crippen LogP contribution in [0.1, 0.15) is 29.7 Å². The van der Waals surface area contributed by atoms with E-state index in [1.54, 1.807) is 0 Å². The van der Waals surface area contributed by atoms with Crippen LogP contribution >= 0.6 is 12.4 Å². The molecule has 0 aliphatic carbocycles. The highest BCUT2D eigenvalue weighted by molar-refractivity contribution is 5.85. The van der Waals surface area contributed by atoms with Crippen LogP contribution in [0.25, 0.3) is 0 Å². The van der Waals surface area contributed by atoms with Crippen molar-refractivity contribution in [1.82, 2.24) is 10.2 Å². The van der Waals surface area contributed by atoms with Gasteiger partial charge in [-0.05, 0) is 50.7 Å². The summed E-state index contributed by atoms with van der Waals surface area (Å²) in [6.45, 7) is 4.76. The quantitative estimate of drug-likeness (QED) is 0.762. The van der Waals surface area contributed by atoms with Crippen LogP contribution in [-0.2, 0) is 11.2 Å². The number of hydrogen-bond acceptors (Lipinski definition) is 3. The van der Waals surface area contributed by atoms with Gasteiger partial charge in [0.2, 0.25) is 0 Å². The van der Waals surface area contributed by atoms with Crippen LogP contribution in [-0.4, -0.2) is 38.1 Å². The van der Waals surface area contributed by atoms with E-state index in [-0.39, 0.29) is 31.0 Å². The van der Waals surface area contributed by atoms with E-state index in [4.69, 9.17) is 4.74 Å². The predicted octanol–water partition coefficient (Wildman–Crippen LogP) is 3.78. The zero-order valence-electron chi connectivity index (χ0n) is 16.0. The van der Waals surface area contributed by atoms with Gasteiger partial charge in [-0.15, -0.1) is 12.4 Å². The fourth-order valence-electron chi connectivity index (χ4n) is 2.62. The average molecular weight is 377 g/mol. The SMILES string of the molecule is CCc1ccc(OCC(=O)NCC(c2ccc(C)cc2)N(C)C)cc1.Cl. The van der Waals surface area contributed by atoms with Gasteiger partial charge in [0.1, 0.15) is 5.75 Å². The lowest BCUT2D eigenvalue weighted by Gasteiger charge is -2.25. The molecule has 2 rings (SSSR count). The molecule has 142 valence electrons. The molecule has 0 saturated carbocycles. The monoisotopic (exact) mass is 376 g/mol. The van der Waals surface area contributed by atoms with E-state index >= 15 is 0 Å². The lowest BCUT2D eigenvalue weighted by molar-refractivity contribution is -0.123. The summed E-state index contributed by atoms with van der Waals surface area (Å²) in [5, 5.41) is 2.96. The zero-order chi connectivity index (χ0) is 18.2. The van der Waals surface area contributed by atoms with E-state index in [0.29, 0.717) is 6.54 Å². The third-order valence-corrected chi connectivity index (χ3v) is 4.28. The van der Waals surface area contributed by atoms with Crippen LogP contribution in [0.3, 0.4) is 0 Å². The van der Waals surface area contributed by atoms with Crippen molar-refractivity contribution >= 4 is 18.3 Å². The molecule has 0 aromatic heterocycles. The van der Waals surface area contributed by atoms with Crippen molar-refractivity contribution in [3.8, 4) is 5.75 Å².